The number of rotatable bonds is 4. The number of benzene rings is 1. The number of phenolic OH excluding ortho intramolecular Hbond substituents is 1. The summed E-state index contributed by atoms with van der Waals surface area (Å²) in [5.41, 5.74) is 0.936. The van der Waals surface area contributed by atoms with Gasteiger partial charge in [0, 0.05) is 18.2 Å². The summed E-state index contributed by atoms with van der Waals surface area (Å²) in [6.07, 6.45) is 3.96. The molecule has 0 aliphatic carbocycles. The van der Waals surface area contributed by atoms with Gasteiger partial charge >= 0.3 is 0 Å². The number of hydrogen-bond donors (Lipinski definition) is 3. The molecule has 2 aliphatic rings. The number of amides is 1. The molecule has 8 heteroatoms. The smallest absolute Gasteiger partial charge is 0.253 e. The van der Waals surface area contributed by atoms with Crippen LogP contribution in [0, 0.1) is 5.82 Å². The van der Waals surface area contributed by atoms with Gasteiger partial charge in [-0.05, 0) is 24.1 Å². The van der Waals surface area contributed by atoms with Gasteiger partial charge in [0.25, 0.3) is 5.91 Å². The second-order valence-electron chi connectivity index (χ2n) is 5.57. The Balaban J connectivity index is 1.98. The SMILES string of the molecule is CCCC1C=C(c2ccc(O)c(N3CC(=O)NS3=O)c2F)CN1. The topological polar surface area (TPSA) is 81.7 Å². The standard InChI is InChI=1S/C15H18FN3O3S/c1-2-3-10-6-9(7-17-10)11-4-5-12(20)15(14(11)16)19-8-13(21)18-23(19)22/h4-6,10,17,20H,2-3,7-8H2,1H3,(H,18,21). The van der Waals surface area contributed by atoms with Crippen LogP contribution in [-0.4, -0.2) is 34.4 Å². The van der Waals surface area contributed by atoms with Crippen LogP contribution in [-0.2, 0) is 16.0 Å². The fraction of sp³-hybridized carbons (Fsp3) is 0.400. The van der Waals surface area contributed by atoms with Crippen LogP contribution in [0.5, 0.6) is 5.75 Å². The minimum absolute atomic E-state index is 0.204. The highest BCUT2D eigenvalue weighted by molar-refractivity contribution is 7.85. The van der Waals surface area contributed by atoms with E-state index >= 15 is 0 Å². The van der Waals surface area contributed by atoms with E-state index in [1.807, 2.05) is 6.08 Å². The zero-order valence-electron chi connectivity index (χ0n) is 12.6. The summed E-state index contributed by atoms with van der Waals surface area (Å²) in [7, 11) is 0. The van der Waals surface area contributed by atoms with Gasteiger partial charge in [-0.3, -0.25) is 13.8 Å². The van der Waals surface area contributed by atoms with Crippen LogP contribution in [0.15, 0.2) is 18.2 Å². The van der Waals surface area contributed by atoms with Gasteiger partial charge in [0.05, 0.1) is 0 Å². The fourth-order valence-corrected chi connectivity index (χ4v) is 3.80. The molecule has 23 heavy (non-hydrogen) atoms. The summed E-state index contributed by atoms with van der Waals surface area (Å²) >= 11 is -1.88. The molecule has 1 aromatic carbocycles. The van der Waals surface area contributed by atoms with E-state index < -0.39 is 22.9 Å². The Morgan fingerprint density at radius 3 is 2.91 bits per heavy atom. The zero-order valence-corrected chi connectivity index (χ0v) is 13.5. The van der Waals surface area contributed by atoms with E-state index in [2.05, 4.69) is 17.0 Å². The number of aromatic hydroxyl groups is 1. The predicted octanol–water partition coefficient (Wildman–Crippen LogP) is 1.20. The van der Waals surface area contributed by atoms with Gasteiger partial charge in [0.2, 0.25) is 11.2 Å². The van der Waals surface area contributed by atoms with E-state index in [0.29, 0.717) is 12.1 Å². The molecular weight excluding hydrogens is 321 g/mol. The van der Waals surface area contributed by atoms with Gasteiger partial charge in [-0.15, -0.1) is 0 Å². The molecule has 0 aromatic heterocycles. The lowest BCUT2D eigenvalue weighted by Gasteiger charge is -2.18. The highest BCUT2D eigenvalue weighted by Crippen LogP contribution is 2.37. The lowest BCUT2D eigenvalue weighted by atomic mass is 10.0. The second-order valence-corrected chi connectivity index (χ2v) is 6.72. The molecule has 3 rings (SSSR count). The maximum atomic E-state index is 14.9. The molecule has 124 valence electrons. The average molecular weight is 339 g/mol. The highest BCUT2D eigenvalue weighted by atomic mass is 32.2. The van der Waals surface area contributed by atoms with Gasteiger partial charge in [-0.1, -0.05) is 19.4 Å². The summed E-state index contributed by atoms with van der Waals surface area (Å²) in [5, 5.41) is 13.3. The van der Waals surface area contributed by atoms with Crippen molar-refractivity contribution in [2.45, 2.75) is 25.8 Å². The Bertz CT molecular complexity index is 707. The van der Waals surface area contributed by atoms with Gasteiger partial charge in [-0.2, -0.15) is 0 Å². The Morgan fingerprint density at radius 1 is 1.48 bits per heavy atom. The molecule has 6 nitrogen and oxygen atoms in total. The van der Waals surface area contributed by atoms with Crippen molar-refractivity contribution in [2.24, 2.45) is 0 Å². The summed E-state index contributed by atoms with van der Waals surface area (Å²) in [6, 6.07) is 3.07. The molecular formula is C15H18FN3O3S. The van der Waals surface area contributed by atoms with Crippen LogP contribution in [0.4, 0.5) is 10.1 Å². The lowest BCUT2D eigenvalue weighted by Crippen LogP contribution is -2.24. The number of halogens is 1. The van der Waals surface area contributed by atoms with Gasteiger partial charge in [0.1, 0.15) is 18.0 Å². The first-order valence-electron chi connectivity index (χ1n) is 7.46. The van der Waals surface area contributed by atoms with Gasteiger partial charge < -0.3 is 10.4 Å². The van der Waals surface area contributed by atoms with E-state index in [4.69, 9.17) is 0 Å². The van der Waals surface area contributed by atoms with E-state index in [9.17, 15) is 18.5 Å². The highest BCUT2D eigenvalue weighted by Gasteiger charge is 2.32. The zero-order chi connectivity index (χ0) is 16.6. The third-order valence-electron chi connectivity index (χ3n) is 3.94. The molecule has 2 atom stereocenters. The van der Waals surface area contributed by atoms with E-state index in [-0.39, 0.29) is 24.0 Å². The molecule has 2 heterocycles. The molecule has 0 saturated carbocycles. The van der Waals surface area contributed by atoms with Crippen LogP contribution in [0.1, 0.15) is 25.3 Å². The summed E-state index contributed by atoms with van der Waals surface area (Å²) in [6.45, 7) is 2.36. The largest absolute Gasteiger partial charge is 0.506 e. The number of anilines is 1. The number of phenols is 1. The fourth-order valence-electron chi connectivity index (χ4n) is 2.86. The molecule has 0 radical (unpaired) electrons. The number of nitrogens with one attached hydrogen (secondary N) is 2. The molecule has 1 saturated heterocycles. The maximum absolute atomic E-state index is 14.9. The van der Waals surface area contributed by atoms with Crippen molar-refractivity contribution in [3.8, 4) is 5.75 Å². The number of nitrogens with zero attached hydrogens (tertiary/aromatic N) is 1. The van der Waals surface area contributed by atoms with Gasteiger partial charge in [0.15, 0.2) is 5.82 Å². The minimum atomic E-state index is -1.88. The van der Waals surface area contributed by atoms with Crippen molar-refractivity contribution < 1.29 is 18.5 Å². The quantitative estimate of drug-likeness (QED) is 0.770. The predicted molar refractivity (Wildman–Crippen MR) is 86.4 cm³/mol. The van der Waals surface area contributed by atoms with Crippen LogP contribution in [0.2, 0.25) is 0 Å². The summed E-state index contributed by atoms with van der Waals surface area (Å²) < 4.78 is 30.0. The molecule has 0 bridgehead atoms. The Morgan fingerprint density at radius 2 is 2.26 bits per heavy atom. The van der Waals surface area contributed by atoms with Crippen molar-refractivity contribution in [1.82, 2.24) is 10.0 Å². The first-order valence-corrected chi connectivity index (χ1v) is 8.56. The van der Waals surface area contributed by atoms with Crippen molar-refractivity contribution >= 4 is 28.3 Å². The molecule has 0 spiro atoms. The Kier molecular flexibility index (Phi) is 4.36. The van der Waals surface area contributed by atoms with Crippen LogP contribution >= 0.6 is 0 Å². The number of carbonyl (C=O) groups excluding carboxylic acids is 1. The first kappa shape index (κ1) is 15.9. The van der Waals surface area contributed by atoms with Gasteiger partial charge in [-0.25, -0.2) is 8.60 Å². The van der Waals surface area contributed by atoms with Crippen molar-refractivity contribution in [3.05, 3.63) is 29.6 Å². The second kappa shape index (κ2) is 6.29. The minimum Gasteiger partial charge on any atom is -0.506 e. The maximum Gasteiger partial charge on any atom is 0.253 e. The van der Waals surface area contributed by atoms with Crippen molar-refractivity contribution in [2.75, 3.05) is 17.4 Å². The van der Waals surface area contributed by atoms with E-state index in [0.717, 1.165) is 22.7 Å². The molecule has 3 N–H and O–H groups in total. The molecule has 1 fully saturated rings. The molecule has 2 aliphatic heterocycles. The number of carbonyl (C=O) groups is 1. The first-order chi connectivity index (χ1) is 11.0. The third kappa shape index (κ3) is 2.96. The Hall–Kier alpha value is -1.93. The molecule has 1 aromatic rings. The average Bonchev–Trinajstić information content (AvgIpc) is 3.07. The monoisotopic (exact) mass is 339 g/mol. The van der Waals surface area contributed by atoms with Crippen LogP contribution < -0.4 is 14.3 Å². The molecule has 1 amide bonds. The normalized spacial score (nSPS) is 24.0. The Labute approximate surface area is 136 Å². The third-order valence-corrected chi connectivity index (χ3v) is 5.05. The van der Waals surface area contributed by atoms with E-state index in [1.165, 1.54) is 12.1 Å². The molecule has 2 unspecified atom stereocenters. The van der Waals surface area contributed by atoms with Crippen LogP contribution in [0.25, 0.3) is 5.57 Å². The van der Waals surface area contributed by atoms with E-state index in [1.54, 1.807) is 0 Å². The summed E-state index contributed by atoms with van der Waals surface area (Å²) in [4.78, 5) is 11.3. The number of hydrogen-bond acceptors (Lipinski definition) is 4. The van der Waals surface area contributed by atoms with Crippen LogP contribution in [0.3, 0.4) is 0 Å². The lowest BCUT2D eigenvalue weighted by molar-refractivity contribution is -0.117. The van der Waals surface area contributed by atoms with Crippen molar-refractivity contribution in [1.29, 1.82) is 0 Å². The summed E-state index contributed by atoms with van der Waals surface area (Å²) in [5.74, 6) is -1.48. The van der Waals surface area contributed by atoms with Crippen molar-refractivity contribution in [3.63, 3.8) is 0 Å².